The van der Waals surface area contributed by atoms with Crippen LogP contribution in [0.15, 0.2) is 65.7 Å². The van der Waals surface area contributed by atoms with Crippen LogP contribution in [0.5, 0.6) is 0 Å². The zero-order valence-electron chi connectivity index (χ0n) is 19.5. The van der Waals surface area contributed by atoms with E-state index in [1.54, 1.807) is 35.9 Å². The Labute approximate surface area is 198 Å². The van der Waals surface area contributed by atoms with Gasteiger partial charge in [0.2, 0.25) is 0 Å². The maximum absolute atomic E-state index is 12.8. The zero-order chi connectivity index (χ0) is 24.5. The Morgan fingerprint density at radius 1 is 1.12 bits per heavy atom. The molecule has 2 aromatic carbocycles. The summed E-state index contributed by atoms with van der Waals surface area (Å²) in [4.78, 5) is 16.2. The Morgan fingerprint density at radius 2 is 1.85 bits per heavy atom. The van der Waals surface area contributed by atoms with Crippen molar-refractivity contribution in [2.75, 3.05) is 17.2 Å². The standard InChI is InChI=1S/C24H28N6O3S/c1-5-33-34(25,32)19-9-7-18(8-10-19)30-22(15-21(29-30)24(2,3)4)28-23(31)27-17-6-11-20-16(14-17)12-13-26-20/h6-15,25-26H,5H2,1-4H3,(H2,27,28,31). The second-order valence-corrected chi connectivity index (χ2v) is 10.6. The van der Waals surface area contributed by atoms with Gasteiger partial charge in [0, 0.05) is 34.3 Å². The van der Waals surface area contributed by atoms with E-state index in [-0.39, 0.29) is 16.9 Å². The fraction of sp³-hybridized carbons (Fsp3) is 0.250. The molecule has 0 aliphatic carbocycles. The SMILES string of the molecule is CCOS(=N)(=O)c1ccc(-n2nc(C(C)(C)C)cc2NC(=O)Nc2ccc3[nH]ccc3c2)cc1. The highest BCUT2D eigenvalue weighted by Gasteiger charge is 2.22. The number of nitrogens with one attached hydrogen (secondary N) is 4. The molecule has 0 saturated carbocycles. The molecule has 2 aromatic heterocycles. The average Bonchev–Trinajstić information content (AvgIpc) is 3.40. The van der Waals surface area contributed by atoms with Crippen molar-refractivity contribution in [2.45, 2.75) is 38.0 Å². The Hall–Kier alpha value is -3.63. The van der Waals surface area contributed by atoms with E-state index in [4.69, 9.17) is 14.1 Å². The second-order valence-electron chi connectivity index (χ2n) is 8.84. The van der Waals surface area contributed by atoms with Gasteiger partial charge in [0.05, 0.1) is 22.9 Å². The van der Waals surface area contributed by atoms with Gasteiger partial charge in [-0.15, -0.1) is 0 Å². The number of carbonyl (C=O) groups excluding carboxylic acids is 1. The second kappa shape index (κ2) is 8.96. The van der Waals surface area contributed by atoms with Gasteiger partial charge in [-0.25, -0.2) is 18.5 Å². The van der Waals surface area contributed by atoms with Crippen molar-refractivity contribution < 1.29 is 13.2 Å². The highest BCUT2D eigenvalue weighted by atomic mass is 32.2. The van der Waals surface area contributed by atoms with Crippen molar-refractivity contribution in [3.63, 3.8) is 0 Å². The smallest absolute Gasteiger partial charge is 0.324 e. The lowest BCUT2D eigenvalue weighted by molar-refractivity contribution is 0.262. The summed E-state index contributed by atoms with van der Waals surface area (Å²) in [6, 6.07) is 15.5. The predicted octanol–water partition coefficient (Wildman–Crippen LogP) is 5.65. The molecule has 9 nitrogen and oxygen atoms in total. The molecular weight excluding hydrogens is 452 g/mol. The minimum atomic E-state index is -3.31. The van der Waals surface area contributed by atoms with E-state index in [1.807, 2.05) is 57.3 Å². The molecule has 4 aromatic rings. The summed E-state index contributed by atoms with van der Waals surface area (Å²) >= 11 is 0. The Kier molecular flexibility index (Phi) is 6.20. The zero-order valence-corrected chi connectivity index (χ0v) is 20.3. The minimum Gasteiger partial charge on any atom is -0.361 e. The van der Waals surface area contributed by atoms with E-state index in [0.717, 1.165) is 16.6 Å². The van der Waals surface area contributed by atoms with Crippen molar-refractivity contribution >= 4 is 38.4 Å². The summed E-state index contributed by atoms with van der Waals surface area (Å²) in [5, 5.41) is 11.4. The maximum atomic E-state index is 12.8. The molecular formula is C24H28N6O3S. The predicted molar refractivity (Wildman–Crippen MR) is 134 cm³/mol. The van der Waals surface area contributed by atoms with Gasteiger partial charge < -0.3 is 10.3 Å². The number of fused-ring (bicyclic) bond motifs is 1. The number of carbonyl (C=O) groups is 1. The van der Waals surface area contributed by atoms with Gasteiger partial charge in [0.15, 0.2) is 10.0 Å². The molecule has 0 bridgehead atoms. The largest absolute Gasteiger partial charge is 0.361 e. The van der Waals surface area contributed by atoms with E-state index in [0.29, 0.717) is 17.2 Å². The van der Waals surface area contributed by atoms with Crippen molar-refractivity contribution in [1.82, 2.24) is 14.8 Å². The van der Waals surface area contributed by atoms with Crippen LogP contribution in [0, 0.1) is 4.78 Å². The molecule has 4 N–H and O–H groups in total. The monoisotopic (exact) mass is 480 g/mol. The van der Waals surface area contributed by atoms with E-state index >= 15 is 0 Å². The number of aromatic nitrogens is 3. The number of benzene rings is 2. The van der Waals surface area contributed by atoms with Crippen molar-refractivity contribution in [3.05, 3.63) is 66.5 Å². The van der Waals surface area contributed by atoms with Crippen LogP contribution in [0.3, 0.4) is 0 Å². The third-order valence-corrected chi connectivity index (χ3v) is 6.67. The molecule has 2 heterocycles. The van der Waals surface area contributed by atoms with Gasteiger partial charge in [-0.3, -0.25) is 9.50 Å². The van der Waals surface area contributed by atoms with E-state index in [9.17, 15) is 9.00 Å². The van der Waals surface area contributed by atoms with Gasteiger partial charge in [0.25, 0.3) is 0 Å². The maximum Gasteiger partial charge on any atom is 0.324 e. The Morgan fingerprint density at radius 3 is 2.53 bits per heavy atom. The minimum absolute atomic E-state index is 0.179. The van der Waals surface area contributed by atoms with Crippen molar-refractivity contribution in [1.29, 1.82) is 4.78 Å². The number of nitrogens with zero attached hydrogens (tertiary/aromatic N) is 2. The number of urea groups is 1. The van der Waals surface area contributed by atoms with Crippen LogP contribution in [0.1, 0.15) is 33.4 Å². The van der Waals surface area contributed by atoms with Crippen molar-refractivity contribution in [3.8, 4) is 5.69 Å². The third kappa shape index (κ3) is 4.97. The van der Waals surface area contributed by atoms with Gasteiger partial charge in [-0.2, -0.15) is 5.10 Å². The molecule has 1 unspecified atom stereocenters. The lowest BCUT2D eigenvalue weighted by atomic mass is 9.92. The van der Waals surface area contributed by atoms with Gasteiger partial charge in [0.1, 0.15) is 5.82 Å². The molecule has 178 valence electrons. The van der Waals surface area contributed by atoms with Gasteiger partial charge in [-0.1, -0.05) is 20.8 Å². The number of hydrogen-bond donors (Lipinski definition) is 4. The number of anilines is 2. The van der Waals surface area contributed by atoms with E-state index < -0.39 is 16.0 Å². The molecule has 4 rings (SSSR count). The number of amides is 2. The number of rotatable bonds is 6. The normalized spacial score (nSPS) is 13.5. The number of hydrogen-bond acceptors (Lipinski definition) is 5. The number of H-pyrrole nitrogens is 1. The fourth-order valence-electron chi connectivity index (χ4n) is 3.44. The lowest BCUT2D eigenvalue weighted by Crippen LogP contribution is -2.21. The first-order chi connectivity index (χ1) is 16.1. The molecule has 0 fully saturated rings. The molecule has 34 heavy (non-hydrogen) atoms. The summed E-state index contributed by atoms with van der Waals surface area (Å²) in [7, 11) is -3.31. The molecule has 1 atom stereocenters. The molecule has 0 aliphatic rings. The topological polar surface area (TPSA) is 125 Å². The van der Waals surface area contributed by atoms with E-state index in [2.05, 4.69) is 15.6 Å². The molecule has 0 aliphatic heterocycles. The molecule has 10 heteroatoms. The quantitative estimate of drug-likeness (QED) is 0.284. The van der Waals surface area contributed by atoms with Gasteiger partial charge >= 0.3 is 6.03 Å². The van der Waals surface area contributed by atoms with Crippen LogP contribution in [0.4, 0.5) is 16.3 Å². The summed E-state index contributed by atoms with van der Waals surface area (Å²) in [5.41, 5.74) is 2.84. The van der Waals surface area contributed by atoms with Crippen LogP contribution in [0.2, 0.25) is 0 Å². The first-order valence-corrected chi connectivity index (χ1v) is 12.3. The summed E-state index contributed by atoms with van der Waals surface area (Å²) in [6.07, 6.45) is 1.85. The van der Waals surface area contributed by atoms with Gasteiger partial charge in [-0.05, 0) is 55.5 Å². The van der Waals surface area contributed by atoms with Crippen LogP contribution in [0.25, 0.3) is 16.6 Å². The molecule has 0 saturated heterocycles. The Balaban J connectivity index is 1.62. The lowest BCUT2D eigenvalue weighted by Gasteiger charge is -2.14. The van der Waals surface area contributed by atoms with Crippen LogP contribution < -0.4 is 10.6 Å². The average molecular weight is 481 g/mol. The molecule has 2 amide bonds. The summed E-state index contributed by atoms with van der Waals surface area (Å²) in [6.45, 7) is 7.99. The van der Waals surface area contributed by atoms with Crippen LogP contribution in [-0.2, 0) is 19.6 Å². The first-order valence-electron chi connectivity index (χ1n) is 10.9. The van der Waals surface area contributed by atoms with Crippen molar-refractivity contribution in [2.24, 2.45) is 0 Å². The highest BCUT2D eigenvalue weighted by Crippen LogP contribution is 2.27. The highest BCUT2D eigenvalue weighted by molar-refractivity contribution is 7.87. The number of aromatic amines is 1. The summed E-state index contributed by atoms with van der Waals surface area (Å²) in [5.74, 6) is 0.481. The first kappa shape index (κ1) is 23.5. The third-order valence-electron chi connectivity index (χ3n) is 5.21. The van der Waals surface area contributed by atoms with Crippen LogP contribution >= 0.6 is 0 Å². The Bertz CT molecular complexity index is 1430. The molecule has 0 radical (unpaired) electrons. The summed E-state index contributed by atoms with van der Waals surface area (Å²) < 4.78 is 27.0. The molecule has 0 spiro atoms. The van der Waals surface area contributed by atoms with Crippen LogP contribution in [-0.4, -0.2) is 31.6 Å². The van der Waals surface area contributed by atoms with E-state index in [1.165, 1.54) is 0 Å². The fourth-order valence-corrected chi connectivity index (χ4v) is 4.41.